The summed E-state index contributed by atoms with van der Waals surface area (Å²) in [6.45, 7) is 5.64. The molecule has 2 amide bonds. The minimum absolute atomic E-state index is 0.0110. The smallest absolute Gasteiger partial charge is 0.304 e. The second kappa shape index (κ2) is 15.6. The van der Waals surface area contributed by atoms with Crippen LogP contribution in [-0.4, -0.2) is 62.7 Å². The van der Waals surface area contributed by atoms with Crippen molar-refractivity contribution in [3.8, 4) is 0 Å². The van der Waals surface area contributed by atoms with Crippen LogP contribution in [0.2, 0.25) is 10.0 Å². The minimum Gasteiger partial charge on any atom is -0.354 e. The van der Waals surface area contributed by atoms with Crippen molar-refractivity contribution in [2.45, 2.75) is 52.6 Å². The monoisotopic (exact) mass is 646 g/mol. The Kier molecular flexibility index (Phi) is 12.4. The zero-order valence-corrected chi connectivity index (χ0v) is 27.6. The molecule has 1 N–H and O–H groups in total. The van der Waals surface area contributed by atoms with E-state index in [1.165, 1.54) is 19.0 Å². The summed E-state index contributed by atoms with van der Waals surface area (Å²) in [5.74, 6) is -0.858. The summed E-state index contributed by atoms with van der Waals surface area (Å²) >= 11 is 12.5. The Morgan fingerprint density at radius 2 is 1.60 bits per heavy atom. The molecule has 0 heterocycles. The molecule has 3 aromatic rings. The Balaban J connectivity index is 2.13. The van der Waals surface area contributed by atoms with Crippen LogP contribution < -0.4 is 9.62 Å². The number of anilines is 1. The van der Waals surface area contributed by atoms with Gasteiger partial charge in [-0.1, -0.05) is 85.1 Å². The molecule has 11 heteroatoms. The lowest BCUT2D eigenvalue weighted by atomic mass is 10.0. The summed E-state index contributed by atoms with van der Waals surface area (Å²) in [6.07, 6.45) is 1.91. The van der Waals surface area contributed by atoms with Gasteiger partial charge in [-0.25, -0.2) is 4.31 Å². The molecular formula is C32H40Cl2N4O4S. The molecule has 8 nitrogen and oxygen atoms in total. The van der Waals surface area contributed by atoms with Gasteiger partial charge >= 0.3 is 10.2 Å². The molecule has 0 aliphatic carbocycles. The Hall–Kier alpha value is -3.11. The molecule has 0 fully saturated rings. The largest absolute Gasteiger partial charge is 0.354 e. The number of benzene rings is 3. The molecular weight excluding hydrogens is 607 g/mol. The summed E-state index contributed by atoms with van der Waals surface area (Å²) < 4.78 is 29.4. The Morgan fingerprint density at radius 1 is 0.907 bits per heavy atom. The standard InChI is InChI=1S/C32H40Cl2N4O4S/c1-6-7-17-35-32(40)30(20-25-11-9-8-10-12-25)37(21-26-15-16-27(33)28(34)19-26)31(39)22-38(43(41,42)36(4)5)29-18-23(2)13-14-24(29)3/h8-16,18-19,30H,6-7,17,20-22H2,1-5H3,(H,35,40)/t30-/m1/s1. The lowest BCUT2D eigenvalue weighted by molar-refractivity contribution is -0.140. The molecule has 0 unspecified atom stereocenters. The first-order chi connectivity index (χ1) is 20.3. The molecule has 0 aromatic heterocycles. The van der Waals surface area contributed by atoms with Crippen LogP contribution in [0.25, 0.3) is 0 Å². The van der Waals surface area contributed by atoms with Crippen LogP contribution in [0.15, 0.2) is 66.7 Å². The molecule has 1 atom stereocenters. The predicted molar refractivity (Wildman–Crippen MR) is 175 cm³/mol. The summed E-state index contributed by atoms with van der Waals surface area (Å²) in [5.41, 5.74) is 3.44. The quantitative estimate of drug-likeness (QED) is 0.225. The highest BCUT2D eigenvalue weighted by atomic mass is 35.5. The first-order valence-electron chi connectivity index (χ1n) is 14.2. The summed E-state index contributed by atoms with van der Waals surface area (Å²) in [7, 11) is -1.24. The van der Waals surface area contributed by atoms with Gasteiger partial charge in [-0.15, -0.1) is 0 Å². The average molecular weight is 648 g/mol. The average Bonchev–Trinajstić information content (AvgIpc) is 2.97. The van der Waals surface area contributed by atoms with Crippen molar-refractivity contribution < 1.29 is 18.0 Å². The van der Waals surface area contributed by atoms with E-state index in [0.29, 0.717) is 33.4 Å². The number of unbranched alkanes of at least 4 members (excludes halogenated alkanes) is 1. The molecule has 0 aliphatic rings. The fourth-order valence-corrected chi connectivity index (χ4v) is 6.02. The van der Waals surface area contributed by atoms with Gasteiger partial charge in [0.2, 0.25) is 11.8 Å². The second-order valence-electron chi connectivity index (χ2n) is 10.7. The van der Waals surface area contributed by atoms with E-state index in [2.05, 4.69) is 5.32 Å². The molecule has 232 valence electrons. The normalized spacial score (nSPS) is 12.2. The van der Waals surface area contributed by atoms with Gasteiger partial charge in [-0.2, -0.15) is 12.7 Å². The number of nitrogens with zero attached hydrogens (tertiary/aromatic N) is 3. The molecule has 0 saturated heterocycles. The molecule has 0 saturated carbocycles. The van der Waals surface area contributed by atoms with Crippen LogP contribution in [0.3, 0.4) is 0 Å². The lowest BCUT2D eigenvalue weighted by Crippen LogP contribution is -2.54. The Labute approximate surface area is 265 Å². The van der Waals surface area contributed by atoms with Gasteiger partial charge in [0.05, 0.1) is 15.7 Å². The number of amides is 2. The highest BCUT2D eigenvalue weighted by Gasteiger charge is 2.35. The fraction of sp³-hybridized carbons (Fsp3) is 0.375. The van der Waals surface area contributed by atoms with E-state index in [1.807, 2.05) is 56.3 Å². The highest BCUT2D eigenvalue weighted by Crippen LogP contribution is 2.27. The van der Waals surface area contributed by atoms with Crippen LogP contribution in [0.5, 0.6) is 0 Å². The molecule has 0 spiro atoms. The zero-order chi connectivity index (χ0) is 31.7. The van der Waals surface area contributed by atoms with E-state index >= 15 is 0 Å². The number of carbonyl (C=O) groups is 2. The molecule has 43 heavy (non-hydrogen) atoms. The third kappa shape index (κ3) is 9.19. The van der Waals surface area contributed by atoms with Crippen molar-refractivity contribution in [2.75, 3.05) is 31.5 Å². The number of nitrogens with one attached hydrogen (secondary N) is 1. The van der Waals surface area contributed by atoms with Gasteiger partial charge in [0.25, 0.3) is 0 Å². The Morgan fingerprint density at radius 3 is 2.23 bits per heavy atom. The number of rotatable bonds is 14. The van der Waals surface area contributed by atoms with Crippen LogP contribution >= 0.6 is 23.2 Å². The van der Waals surface area contributed by atoms with E-state index in [0.717, 1.165) is 32.6 Å². The number of aryl methyl sites for hydroxylation is 2. The molecule has 3 aromatic carbocycles. The first-order valence-corrected chi connectivity index (χ1v) is 16.3. The SMILES string of the molecule is CCCCNC(=O)[C@@H](Cc1ccccc1)N(Cc1ccc(Cl)c(Cl)c1)C(=O)CN(c1cc(C)ccc1C)S(=O)(=O)N(C)C. The van der Waals surface area contributed by atoms with Crippen LogP contribution in [-0.2, 0) is 32.8 Å². The third-order valence-electron chi connectivity index (χ3n) is 7.09. The van der Waals surface area contributed by atoms with E-state index in [1.54, 1.807) is 31.2 Å². The second-order valence-corrected chi connectivity index (χ2v) is 13.6. The van der Waals surface area contributed by atoms with Gasteiger partial charge in [0, 0.05) is 33.6 Å². The molecule has 0 radical (unpaired) electrons. The van der Waals surface area contributed by atoms with Crippen molar-refractivity contribution in [1.29, 1.82) is 0 Å². The van der Waals surface area contributed by atoms with E-state index in [9.17, 15) is 18.0 Å². The van der Waals surface area contributed by atoms with Gasteiger partial charge in [-0.3, -0.25) is 9.59 Å². The molecule has 0 aliphatic heterocycles. The molecule has 0 bridgehead atoms. The summed E-state index contributed by atoms with van der Waals surface area (Å²) in [6, 6.07) is 19.0. The molecule has 3 rings (SSSR count). The number of hydrogen-bond donors (Lipinski definition) is 1. The number of hydrogen-bond acceptors (Lipinski definition) is 4. The van der Waals surface area contributed by atoms with Gasteiger partial charge in [-0.05, 0) is 60.7 Å². The maximum atomic E-state index is 14.4. The lowest BCUT2D eigenvalue weighted by Gasteiger charge is -2.35. The van der Waals surface area contributed by atoms with Crippen molar-refractivity contribution >= 4 is 50.9 Å². The van der Waals surface area contributed by atoms with E-state index in [4.69, 9.17) is 23.2 Å². The maximum absolute atomic E-state index is 14.4. The highest BCUT2D eigenvalue weighted by molar-refractivity contribution is 7.90. The Bertz CT molecular complexity index is 1520. The fourth-order valence-electron chi connectivity index (χ4n) is 4.58. The minimum atomic E-state index is -4.09. The first kappa shape index (κ1) is 34.4. The van der Waals surface area contributed by atoms with Crippen molar-refractivity contribution in [3.63, 3.8) is 0 Å². The summed E-state index contributed by atoms with van der Waals surface area (Å²) in [4.78, 5) is 29.6. The maximum Gasteiger partial charge on any atom is 0.304 e. The van der Waals surface area contributed by atoms with Gasteiger partial charge in [0.15, 0.2) is 0 Å². The predicted octanol–water partition coefficient (Wildman–Crippen LogP) is 5.78. The number of halogens is 2. The third-order valence-corrected chi connectivity index (χ3v) is 9.63. The van der Waals surface area contributed by atoms with Gasteiger partial charge < -0.3 is 10.2 Å². The van der Waals surface area contributed by atoms with Crippen LogP contribution in [0, 0.1) is 13.8 Å². The van der Waals surface area contributed by atoms with Crippen molar-refractivity contribution in [1.82, 2.24) is 14.5 Å². The van der Waals surface area contributed by atoms with Gasteiger partial charge in [0.1, 0.15) is 12.6 Å². The van der Waals surface area contributed by atoms with E-state index in [-0.39, 0.29) is 18.9 Å². The van der Waals surface area contributed by atoms with Crippen LogP contribution in [0.4, 0.5) is 5.69 Å². The van der Waals surface area contributed by atoms with E-state index < -0.39 is 28.7 Å². The zero-order valence-electron chi connectivity index (χ0n) is 25.3. The van der Waals surface area contributed by atoms with Crippen molar-refractivity contribution in [2.24, 2.45) is 0 Å². The van der Waals surface area contributed by atoms with Crippen molar-refractivity contribution in [3.05, 3.63) is 99.0 Å². The van der Waals surface area contributed by atoms with Crippen LogP contribution in [0.1, 0.15) is 42.0 Å². The number of carbonyl (C=O) groups excluding carboxylic acids is 2. The summed E-state index contributed by atoms with van der Waals surface area (Å²) in [5, 5.41) is 3.65. The topological polar surface area (TPSA) is 90.0 Å².